The summed E-state index contributed by atoms with van der Waals surface area (Å²) in [6.45, 7) is 2.37. The Morgan fingerprint density at radius 1 is 1.35 bits per heavy atom. The van der Waals surface area contributed by atoms with Crippen LogP contribution in [0, 0.1) is 0 Å². The molecule has 0 aliphatic heterocycles. The van der Waals surface area contributed by atoms with Gasteiger partial charge in [-0.2, -0.15) is 4.31 Å². The summed E-state index contributed by atoms with van der Waals surface area (Å²) in [6.07, 6.45) is 3.05. The van der Waals surface area contributed by atoms with Crippen molar-refractivity contribution in [3.63, 3.8) is 0 Å². The standard InChI is InChI=1S/C13H17N3O3S/c1-2-16(10-11-5-4-8-19-11)20(17,18)13-6-3-7-15-12(13)9-14/h3-8H,2,9-10,14H2,1H3. The van der Waals surface area contributed by atoms with Gasteiger partial charge in [0.2, 0.25) is 10.0 Å². The number of sulfonamides is 1. The summed E-state index contributed by atoms with van der Waals surface area (Å²) in [6, 6.07) is 6.58. The van der Waals surface area contributed by atoms with Gasteiger partial charge < -0.3 is 10.2 Å². The number of pyridine rings is 1. The van der Waals surface area contributed by atoms with Crippen LogP contribution in [0.5, 0.6) is 0 Å². The predicted molar refractivity (Wildman–Crippen MR) is 74.1 cm³/mol. The maximum Gasteiger partial charge on any atom is 0.245 e. The third-order valence-electron chi connectivity index (χ3n) is 2.92. The molecule has 108 valence electrons. The second kappa shape index (κ2) is 6.17. The molecule has 0 fully saturated rings. The number of nitrogens with zero attached hydrogens (tertiary/aromatic N) is 2. The monoisotopic (exact) mass is 295 g/mol. The Labute approximate surface area is 118 Å². The molecule has 2 N–H and O–H groups in total. The minimum Gasteiger partial charge on any atom is -0.468 e. The molecule has 0 unspecified atom stereocenters. The van der Waals surface area contributed by atoms with E-state index in [1.165, 1.54) is 22.8 Å². The summed E-state index contributed by atoms with van der Waals surface area (Å²) in [5.41, 5.74) is 5.93. The van der Waals surface area contributed by atoms with Crippen LogP contribution in [0.25, 0.3) is 0 Å². The highest BCUT2D eigenvalue weighted by molar-refractivity contribution is 7.89. The summed E-state index contributed by atoms with van der Waals surface area (Å²) in [7, 11) is -3.64. The van der Waals surface area contributed by atoms with Gasteiger partial charge in [-0.15, -0.1) is 0 Å². The van der Waals surface area contributed by atoms with Crippen LogP contribution in [0.2, 0.25) is 0 Å². The minimum absolute atomic E-state index is 0.0771. The molecule has 2 aromatic heterocycles. The zero-order chi connectivity index (χ0) is 14.6. The number of hydrogen-bond acceptors (Lipinski definition) is 5. The lowest BCUT2D eigenvalue weighted by molar-refractivity contribution is 0.375. The first-order chi connectivity index (χ1) is 9.59. The summed E-state index contributed by atoms with van der Waals surface area (Å²) in [4.78, 5) is 4.17. The van der Waals surface area contributed by atoms with Crippen LogP contribution in [-0.2, 0) is 23.1 Å². The maximum absolute atomic E-state index is 12.7. The number of nitrogens with two attached hydrogens (primary N) is 1. The van der Waals surface area contributed by atoms with Crippen LogP contribution in [0.15, 0.2) is 46.0 Å². The topological polar surface area (TPSA) is 89.4 Å². The van der Waals surface area contributed by atoms with E-state index in [9.17, 15) is 8.42 Å². The van der Waals surface area contributed by atoms with Crippen molar-refractivity contribution in [2.75, 3.05) is 6.54 Å². The first-order valence-electron chi connectivity index (χ1n) is 6.26. The first kappa shape index (κ1) is 14.7. The van der Waals surface area contributed by atoms with E-state index < -0.39 is 10.0 Å². The molecule has 7 heteroatoms. The highest BCUT2D eigenvalue weighted by atomic mass is 32.2. The van der Waals surface area contributed by atoms with Gasteiger partial charge in [-0.25, -0.2) is 8.42 Å². The van der Waals surface area contributed by atoms with Crippen molar-refractivity contribution < 1.29 is 12.8 Å². The van der Waals surface area contributed by atoms with Crippen molar-refractivity contribution in [2.45, 2.75) is 24.9 Å². The molecule has 20 heavy (non-hydrogen) atoms. The lowest BCUT2D eigenvalue weighted by Gasteiger charge is -2.20. The van der Waals surface area contributed by atoms with Gasteiger partial charge in [-0.05, 0) is 24.3 Å². The summed E-state index contributed by atoms with van der Waals surface area (Å²) < 4.78 is 31.9. The number of aromatic nitrogens is 1. The van der Waals surface area contributed by atoms with Crippen molar-refractivity contribution in [3.05, 3.63) is 48.2 Å². The van der Waals surface area contributed by atoms with E-state index in [4.69, 9.17) is 10.2 Å². The van der Waals surface area contributed by atoms with Crippen LogP contribution in [0.1, 0.15) is 18.4 Å². The van der Waals surface area contributed by atoms with E-state index in [-0.39, 0.29) is 18.0 Å². The van der Waals surface area contributed by atoms with E-state index in [2.05, 4.69) is 4.98 Å². The molecule has 0 amide bonds. The zero-order valence-corrected chi connectivity index (χ0v) is 12.0. The second-order valence-electron chi connectivity index (χ2n) is 4.16. The average Bonchev–Trinajstić information content (AvgIpc) is 2.97. The third-order valence-corrected chi connectivity index (χ3v) is 4.92. The molecule has 2 heterocycles. The first-order valence-corrected chi connectivity index (χ1v) is 7.70. The van der Waals surface area contributed by atoms with Gasteiger partial charge >= 0.3 is 0 Å². The SMILES string of the molecule is CCN(Cc1ccco1)S(=O)(=O)c1cccnc1CN. The van der Waals surface area contributed by atoms with Crippen LogP contribution >= 0.6 is 0 Å². The Bertz CT molecular complexity index is 653. The Kier molecular flexibility index (Phi) is 4.53. The largest absolute Gasteiger partial charge is 0.468 e. The molecule has 0 aliphatic rings. The Hall–Kier alpha value is -1.70. The number of hydrogen-bond donors (Lipinski definition) is 1. The molecule has 0 spiro atoms. The van der Waals surface area contributed by atoms with E-state index in [0.717, 1.165) is 0 Å². The molecule has 0 saturated carbocycles. The Morgan fingerprint density at radius 3 is 2.75 bits per heavy atom. The molecular formula is C13H17N3O3S. The minimum atomic E-state index is -3.64. The zero-order valence-electron chi connectivity index (χ0n) is 11.2. The van der Waals surface area contributed by atoms with E-state index >= 15 is 0 Å². The van der Waals surface area contributed by atoms with Crippen LogP contribution in [-0.4, -0.2) is 24.3 Å². The smallest absolute Gasteiger partial charge is 0.245 e. The van der Waals surface area contributed by atoms with Gasteiger partial charge in [0.05, 0.1) is 18.5 Å². The van der Waals surface area contributed by atoms with Crippen LogP contribution < -0.4 is 5.73 Å². The van der Waals surface area contributed by atoms with Gasteiger partial charge in [0, 0.05) is 19.3 Å². The fraction of sp³-hybridized carbons (Fsp3) is 0.308. The molecule has 0 radical (unpaired) electrons. The summed E-state index contributed by atoms with van der Waals surface area (Å²) in [5.74, 6) is 0.591. The Morgan fingerprint density at radius 2 is 2.15 bits per heavy atom. The van der Waals surface area contributed by atoms with Crippen molar-refractivity contribution in [1.29, 1.82) is 0 Å². The van der Waals surface area contributed by atoms with Crippen molar-refractivity contribution in [3.8, 4) is 0 Å². The van der Waals surface area contributed by atoms with Crippen LogP contribution in [0.4, 0.5) is 0 Å². The normalized spacial score (nSPS) is 11.9. The quantitative estimate of drug-likeness (QED) is 0.868. The van der Waals surface area contributed by atoms with E-state index in [1.807, 2.05) is 0 Å². The highest BCUT2D eigenvalue weighted by Gasteiger charge is 2.26. The van der Waals surface area contributed by atoms with E-state index in [1.54, 1.807) is 25.1 Å². The third kappa shape index (κ3) is 2.90. The van der Waals surface area contributed by atoms with Gasteiger partial charge in [0.1, 0.15) is 10.7 Å². The molecule has 2 rings (SSSR count). The molecule has 0 atom stereocenters. The molecule has 0 bridgehead atoms. The Balaban J connectivity index is 2.36. The average molecular weight is 295 g/mol. The molecule has 2 aromatic rings. The van der Waals surface area contributed by atoms with Gasteiger partial charge in [-0.3, -0.25) is 4.98 Å². The predicted octanol–water partition coefficient (Wildman–Crippen LogP) is 1.34. The molecule has 0 saturated heterocycles. The molecule has 6 nitrogen and oxygen atoms in total. The van der Waals surface area contributed by atoms with Crippen molar-refractivity contribution in [1.82, 2.24) is 9.29 Å². The van der Waals surface area contributed by atoms with Crippen LogP contribution in [0.3, 0.4) is 0 Å². The number of furan rings is 1. The molecular weight excluding hydrogens is 278 g/mol. The lowest BCUT2D eigenvalue weighted by atomic mass is 10.3. The van der Waals surface area contributed by atoms with Gasteiger partial charge in [0.25, 0.3) is 0 Å². The second-order valence-corrected chi connectivity index (χ2v) is 6.07. The summed E-state index contributed by atoms with van der Waals surface area (Å²) in [5, 5.41) is 0. The van der Waals surface area contributed by atoms with E-state index in [0.29, 0.717) is 18.0 Å². The van der Waals surface area contributed by atoms with Gasteiger partial charge in [0.15, 0.2) is 0 Å². The fourth-order valence-electron chi connectivity index (χ4n) is 1.89. The lowest BCUT2D eigenvalue weighted by Crippen LogP contribution is -2.31. The summed E-state index contributed by atoms with van der Waals surface area (Å²) >= 11 is 0. The fourth-order valence-corrected chi connectivity index (χ4v) is 3.49. The number of rotatable bonds is 6. The van der Waals surface area contributed by atoms with Crippen molar-refractivity contribution in [2.24, 2.45) is 5.73 Å². The van der Waals surface area contributed by atoms with Gasteiger partial charge in [-0.1, -0.05) is 6.92 Å². The molecule has 0 aliphatic carbocycles. The van der Waals surface area contributed by atoms with Crippen molar-refractivity contribution >= 4 is 10.0 Å². The highest BCUT2D eigenvalue weighted by Crippen LogP contribution is 2.20. The molecule has 0 aromatic carbocycles. The maximum atomic E-state index is 12.7.